The second-order valence-corrected chi connectivity index (χ2v) is 5.34. The Kier molecular flexibility index (Phi) is 4.56. The molecule has 0 spiro atoms. The highest BCUT2D eigenvalue weighted by Gasteiger charge is 2.15. The fourth-order valence-corrected chi connectivity index (χ4v) is 2.52. The molecule has 2 rings (SSSR count). The van der Waals surface area contributed by atoms with Gasteiger partial charge in [0, 0.05) is 22.8 Å². The van der Waals surface area contributed by atoms with Crippen LogP contribution in [0.1, 0.15) is 28.3 Å². The minimum atomic E-state index is 0.257. The van der Waals surface area contributed by atoms with Gasteiger partial charge < -0.3 is 5.73 Å². The number of halogens is 1. The van der Waals surface area contributed by atoms with Gasteiger partial charge in [0.2, 0.25) is 0 Å². The first-order chi connectivity index (χ1) is 9.11. The van der Waals surface area contributed by atoms with Gasteiger partial charge in [0.25, 0.3) is 0 Å². The zero-order chi connectivity index (χ0) is 13.8. The molecule has 2 nitrogen and oxygen atoms in total. The van der Waals surface area contributed by atoms with Crippen LogP contribution < -0.4 is 5.73 Å². The average Bonchev–Trinajstić information content (AvgIpc) is 2.41. The first-order valence-electron chi connectivity index (χ1n) is 6.48. The molecule has 1 aromatic carbocycles. The summed E-state index contributed by atoms with van der Waals surface area (Å²) in [4.78, 5) is 4.46. The van der Waals surface area contributed by atoms with E-state index >= 15 is 0 Å². The number of hydrogen-bond acceptors (Lipinski definition) is 2. The minimum Gasteiger partial charge on any atom is -0.330 e. The Labute approximate surface area is 119 Å². The van der Waals surface area contributed by atoms with Crippen molar-refractivity contribution in [3.63, 3.8) is 0 Å². The average molecular weight is 275 g/mol. The van der Waals surface area contributed by atoms with E-state index in [-0.39, 0.29) is 5.92 Å². The van der Waals surface area contributed by atoms with Crippen LogP contribution >= 0.6 is 11.6 Å². The van der Waals surface area contributed by atoms with Crippen molar-refractivity contribution in [3.05, 3.63) is 63.9 Å². The van der Waals surface area contributed by atoms with Crippen molar-refractivity contribution in [1.29, 1.82) is 0 Å². The van der Waals surface area contributed by atoms with E-state index in [9.17, 15) is 0 Å². The van der Waals surface area contributed by atoms with Crippen LogP contribution in [0.2, 0.25) is 5.02 Å². The van der Waals surface area contributed by atoms with Crippen LogP contribution in [0.15, 0.2) is 36.5 Å². The van der Waals surface area contributed by atoms with E-state index in [1.807, 2.05) is 30.5 Å². The van der Waals surface area contributed by atoms with Gasteiger partial charge in [-0.25, -0.2) is 0 Å². The number of nitrogens with two attached hydrogens (primary N) is 1. The molecule has 1 unspecified atom stereocenters. The SMILES string of the molecule is Cc1ccc(Cl)cc1C(CN)Cc1ncccc1C. The van der Waals surface area contributed by atoms with Gasteiger partial charge in [0.1, 0.15) is 0 Å². The zero-order valence-corrected chi connectivity index (χ0v) is 12.1. The molecule has 2 N–H and O–H groups in total. The number of hydrogen-bond donors (Lipinski definition) is 1. The predicted molar refractivity (Wildman–Crippen MR) is 80.7 cm³/mol. The van der Waals surface area contributed by atoms with E-state index in [0.29, 0.717) is 6.54 Å². The Morgan fingerprint density at radius 2 is 2.00 bits per heavy atom. The summed E-state index contributed by atoms with van der Waals surface area (Å²) in [5.74, 6) is 0.257. The normalized spacial score (nSPS) is 12.4. The Balaban J connectivity index is 2.30. The standard InChI is InChI=1S/C16H19ClN2/c1-11-5-6-14(17)9-15(11)13(10-18)8-16-12(2)4-3-7-19-16/h3-7,9,13H,8,10,18H2,1-2H3. The van der Waals surface area contributed by atoms with Crippen LogP contribution in [-0.2, 0) is 6.42 Å². The van der Waals surface area contributed by atoms with E-state index in [0.717, 1.165) is 17.1 Å². The lowest BCUT2D eigenvalue weighted by Crippen LogP contribution is -2.17. The van der Waals surface area contributed by atoms with Gasteiger partial charge in [0.05, 0.1) is 0 Å². The number of aromatic nitrogens is 1. The molecule has 1 atom stereocenters. The van der Waals surface area contributed by atoms with Crippen molar-refractivity contribution >= 4 is 11.6 Å². The van der Waals surface area contributed by atoms with E-state index in [1.54, 1.807) is 0 Å². The maximum atomic E-state index is 6.10. The third kappa shape index (κ3) is 3.34. The topological polar surface area (TPSA) is 38.9 Å². The van der Waals surface area contributed by atoms with Crippen LogP contribution in [0.3, 0.4) is 0 Å². The van der Waals surface area contributed by atoms with Crippen molar-refractivity contribution in [2.45, 2.75) is 26.2 Å². The lowest BCUT2D eigenvalue weighted by Gasteiger charge is -2.18. The maximum Gasteiger partial charge on any atom is 0.0439 e. The van der Waals surface area contributed by atoms with Crippen molar-refractivity contribution in [2.75, 3.05) is 6.54 Å². The molecule has 0 radical (unpaired) electrons. The van der Waals surface area contributed by atoms with E-state index in [2.05, 4.69) is 24.9 Å². The van der Waals surface area contributed by atoms with E-state index in [4.69, 9.17) is 17.3 Å². The first-order valence-corrected chi connectivity index (χ1v) is 6.86. The fraction of sp³-hybridized carbons (Fsp3) is 0.312. The molecular weight excluding hydrogens is 256 g/mol. The highest BCUT2D eigenvalue weighted by atomic mass is 35.5. The molecule has 0 amide bonds. The zero-order valence-electron chi connectivity index (χ0n) is 11.4. The molecule has 0 saturated carbocycles. The second-order valence-electron chi connectivity index (χ2n) is 4.90. The summed E-state index contributed by atoms with van der Waals surface area (Å²) in [7, 11) is 0. The Hall–Kier alpha value is -1.38. The quantitative estimate of drug-likeness (QED) is 0.925. The van der Waals surface area contributed by atoms with Crippen LogP contribution in [0.5, 0.6) is 0 Å². The summed E-state index contributed by atoms with van der Waals surface area (Å²) < 4.78 is 0. The summed E-state index contributed by atoms with van der Waals surface area (Å²) in [5.41, 5.74) is 10.7. The molecule has 0 saturated heterocycles. The molecule has 0 aliphatic carbocycles. The molecule has 3 heteroatoms. The Morgan fingerprint density at radius 3 is 2.68 bits per heavy atom. The molecule has 1 heterocycles. The lowest BCUT2D eigenvalue weighted by atomic mass is 9.90. The van der Waals surface area contributed by atoms with Crippen LogP contribution in [0.25, 0.3) is 0 Å². The minimum absolute atomic E-state index is 0.257. The summed E-state index contributed by atoms with van der Waals surface area (Å²) in [5, 5.41) is 0.761. The van der Waals surface area contributed by atoms with Gasteiger partial charge in [-0.1, -0.05) is 23.7 Å². The highest BCUT2D eigenvalue weighted by molar-refractivity contribution is 6.30. The van der Waals surface area contributed by atoms with Crippen molar-refractivity contribution in [2.24, 2.45) is 5.73 Å². The summed E-state index contributed by atoms with van der Waals surface area (Å²) in [6.07, 6.45) is 2.69. The monoisotopic (exact) mass is 274 g/mol. The summed E-state index contributed by atoms with van der Waals surface area (Å²) in [6, 6.07) is 10.0. The number of nitrogens with zero attached hydrogens (tertiary/aromatic N) is 1. The molecule has 2 aromatic rings. The number of pyridine rings is 1. The van der Waals surface area contributed by atoms with Crippen molar-refractivity contribution in [3.8, 4) is 0 Å². The van der Waals surface area contributed by atoms with Gasteiger partial charge >= 0.3 is 0 Å². The summed E-state index contributed by atoms with van der Waals surface area (Å²) >= 11 is 6.10. The molecule has 0 fully saturated rings. The van der Waals surface area contributed by atoms with Gasteiger partial charge in [-0.3, -0.25) is 4.98 Å². The van der Waals surface area contributed by atoms with Crippen LogP contribution in [0.4, 0.5) is 0 Å². The molecular formula is C16H19ClN2. The molecule has 0 aliphatic heterocycles. The molecule has 19 heavy (non-hydrogen) atoms. The third-order valence-corrected chi connectivity index (χ3v) is 3.76. The largest absolute Gasteiger partial charge is 0.330 e. The second kappa shape index (κ2) is 6.18. The first kappa shape index (κ1) is 14.0. The highest BCUT2D eigenvalue weighted by Crippen LogP contribution is 2.26. The molecule has 0 aliphatic rings. The predicted octanol–water partition coefficient (Wildman–Crippen LogP) is 3.64. The van der Waals surface area contributed by atoms with Crippen molar-refractivity contribution in [1.82, 2.24) is 4.98 Å². The Morgan fingerprint density at radius 1 is 1.21 bits per heavy atom. The van der Waals surface area contributed by atoms with Gasteiger partial charge in [-0.05, 0) is 61.7 Å². The number of aryl methyl sites for hydroxylation is 2. The van der Waals surface area contributed by atoms with Crippen LogP contribution in [0, 0.1) is 13.8 Å². The molecule has 100 valence electrons. The lowest BCUT2D eigenvalue weighted by molar-refractivity contribution is 0.675. The third-order valence-electron chi connectivity index (χ3n) is 3.52. The fourth-order valence-electron chi connectivity index (χ4n) is 2.34. The van der Waals surface area contributed by atoms with Crippen LogP contribution in [-0.4, -0.2) is 11.5 Å². The smallest absolute Gasteiger partial charge is 0.0439 e. The van der Waals surface area contributed by atoms with Crippen molar-refractivity contribution < 1.29 is 0 Å². The van der Waals surface area contributed by atoms with Gasteiger partial charge in [0.15, 0.2) is 0 Å². The van der Waals surface area contributed by atoms with E-state index in [1.165, 1.54) is 16.7 Å². The van der Waals surface area contributed by atoms with E-state index < -0.39 is 0 Å². The van der Waals surface area contributed by atoms with Gasteiger partial charge in [-0.2, -0.15) is 0 Å². The van der Waals surface area contributed by atoms with Gasteiger partial charge in [-0.15, -0.1) is 0 Å². The Bertz CT molecular complexity index is 566. The molecule has 1 aromatic heterocycles. The molecule has 0 bridgehead atoms. The number of rotatable bonds is 4. The number of benzene rings is 1. The summed E-state index contributed by atoms with van der Waals surface area (Å²) in [6.45, 7) is 4.78. The maximum absolute atomic E-state index is 6.10.